The number of hydrogen-bond donors (Lipinski definition) is 1. The van der Waals surface area contributed by atoms with Crippen molar-refractivity contribution < 1.29 is 8.42 Å². The van der Waals surface area contributed by atoms with Gasteiger partial charge in [0.15, 0.2) is 10.5 Å². The number of aromatic nitrogens is 3. The van der Waals surface area contributed by atoms with E-state index in [4.69, 9.17) is 23.2 Å². The van der Waals surface area contributed by atoms with Crippen LogP contribution in [0.1, 0.15) is 5.69 Å². The maximum Gasteiger partial charge on any atom is 0.214 e. The zero-order valence-electron chi connectivity index (χ0n) is 15.8. The van der Waals surface area contributed by atoms with Gasteiger partial charge in [0.05, 0.1) is 9.92 Å². The molecule has 2 aromatic heterocycles. The molecular formula is C18H19Cl2N5O2S2. The minimum absolute atomic E-state index is 0.0132. The summed E-state index contributed by atoms with van der Waals surface area (Å²) in [6, 6.07) is 6.28. The molecule has 0 spiro atoms. The van der Waals surface area contributed by atoms with E-state index in [1.54, 1.807) is 10.8 Å². The van der Waals surface area contributed by atoms with Crippen LogP contribution in [0.15, 0.2) is 39.1 Å². The number of aryl methyl sites for hydroxylation is 1. The Bertz CT molecular complexity index is 1190. The van der Waals surface area contributed by atoms with E-state index in [1.807, 2.05) is 13.0 Å². The van der Waals surface area contributed by atoms with Crippen molar-refractivity contribution in [1.82, 2.24) is 19.9 Å². The van der Waals surface area contributed by atoms with Gasteiger partial charge in [-0.05, 0) is 31.4 Å². The Morgan fingerprint density at radius 2 is 1.90 bits per heavy atom. The van der Waals surface area contributed by atoms with Gasteiger partial charge < -0.3 is 10.2 Å². The number of thioether (sulfide) groups is 1. The quantitative estimate of drug-likeness (QED) is 0.584. The predicted octanol–water partition coefficient (Wildman–Crippen LogP) is 3.31. The molecule has 1 aromatic carbocycles. The number of halogens is 2. The van der Waals surface area contributed by atoms with Crippen LogP contribution in [0.25, 0.3) is 5.65 Å². The van der Waals surface area contributed by atoms with Crippen molar-refractivity contribution >= 4 is 56.3 Å². The number of nitrogens with zero attached hydrogens (tertiary/aromatic N) is 4. The fourth-order valence-corrected chi connectivity index (χ4v) is 6.53. The van der Waals surface area contributed by atoms with Crippen LogP contribution in [0.5, 0.6) is 0 Å². The van der Waals surface area contributed by atoms with E-state index in [2.05, 4.69) is 20.3 Å². The summed E-state index contributed by atoms with van der Waals surface area (Å²) in [6.45, 7) is 5.16. The molecular weight excluding hydrogens is 453 g/mol. The van der Waals surface area contributed by atoms with Gasteiger partial charge in [-0.15, -0.1) is 11.8 Å². The SMILES string of the molecule is CSc1nn2c(N3CCNCC3)cc(C)nc2c1S(=O)(=O)c1ccc(Cl)cc1Cl. The molecule has 0 radical (unpaired) electrons. The summed E-state index contributed by atoms with van der Waals surface area (Å²) in [5.74, 6) is 0.827. The lowest BCUT2D eigenvalue weighted by Crippen LogP contribution is -2.44. The average molecular weight is 472 g/mol. The highest BCUT2D eigenvalue weighted by molar-refractivity contribution is 7.99. The van der Waals surface area contributed by atoms with E-state index in [0.29, 0.717) is 15.7 Å². The summed E-state index contributed by atoms with van der Waals surface area (Å²) in [4.78, 5) is 6.77. The third kappa shape index (κ3) is 3.70. The van der Waals surface area contributed by atoms with Crippen molar-refractivity contribution in [1.29, 1.82) is 0 Å². The Labute approximate surface area is 183 Å². The van der Waals surface area contributed by atoms with Crippen LogP contribution >= 0.6 is 35.0 Å². The highest BCUT2D eigenvalue weighted by Gasteiger charge is 2.31. The van der Waals surface area contributed by atoms with Crippen LogP contribution in [0, 0.1) is 6.92 Å². The van der Waals surface area contributed by atoms with Gasteiger partial charge in [-0.3, -0.25) is 0 Å². The first-order chi connectivity index (χ1) is 13.8. The van der Waals surface area contributed by atoms with Gasteiger partial charge >= 0.3 is 0 Å². The van der Waals surface area contributed by atoms with Gasteiger partial charge in [0.25, 0.3) is 0 Å². The second kappa shape index (κ2) is 7.96. The van der Waals surface area contributed by atoms with Crippen LogP contribution in [0.3, 0.4) is 0 Å². The van der Waals surface area contributed by atoms with E-state index in [1.165, 1.54) is 30.0 Å². The molecule has 4 rings (SSSR count). The van der Waals surface area contributed by atoms with E-state index in [0.717, 1.165) is 37.7 Å². The Morgan fingerprint density at radius 1 is 1.17 bits per heavy atom. The summed E-state index contributed by atoms with van der Waals surface area (Å²) in [7, 11) is -3.96. The number of sulfone groups is 1. The molecule has 0 saturated carbocycles. The second-order valence-corrected chi connectivity index (χ2v) is 10.1. The average Bonchev–Trinajstić information content (AvgIpc) is 3.07. The normalized spacial score (nSPS) is 15.2. The van der Waals surface area contributed by atoms with Crippen molar-refractivity contribution in [2.45, 2.75) is 21.7 Å². The molecule has 0 bridgehead atoms. The van der Waals surface area contributed by atoms with Gasteiger partial charge in [-0.1, -0.05) is 23.2 Å². The molecule has 29 heavy (non-hydrogen) atoms. The number of piperazine rings is 1. The highest BCUT2D eigenvalue weighted by Crippen LogP contribution is 2.37. The number of benzene rings is 1. The number of hydrogen-bond acceptors (Lipinski definition) is 7. The Hall–Kier alpha value is -1.52. The van der Waals surface area contributed by atoms with Crippen molar-refractivity contribution in [3.63, 3.8) is 0 Å². The minimum Gasteiger partial charge on any atom is -0.354 e. The Kier molecular flexibility index (Phi) is 5.69. The summed E-state index contributed by atoms with van der Waals surface area (Å²) in [5, 5.41) is 8.73. The predicted molar refractivity (Wildman–Crippen MR) is 117 cm³/mol. The molecule has 11 heteroatoms. The van der Waals surface area contributed by atoms with Gasteiger partial charge in [-0.2, -0.15) is 9.61 Å². The topological polar surface area (TPSA) is 79.6 Å². The number of anilines is 1. The molecule has 1 fully saturated rings. The lowest BCUT2D eigenvalue weighted by Gasteiger charge is -2.29. The molecule has 3 heterocycles. The molecule has 1 aliphatic heterocycles. The van der Waals surface area contributed by atoms with Crippen LogP contribution in [0.2, 0.25) is 10.0 Å². The third-order valence-corrected chi connectivity index (χ3v) is 8.02. The third-order valence-electron chi connectivity index (χ3n) is 4.71. The maximum absolute atomic E-state index is 13.6. The molecule has 0 unspecified atom stereocenters. The Balaban J connectivity index is 1.98. The van der Waals surface area contributed by atoms with Crippen LogP contribution in [-0.2, 0) is 9.84 Å². The summed E-state index contributed by atoms with van der Waals surface area (Å²) in [5.41, 5.74) is 1.02. The fourth-order valence-electron chi connectivity index (χ4n) is 3.37. The van der Waals surface area contributed by atoms with Crippen molar-refractivity contribution in [3.8, 4) is 0 Å². The second-order valence-electron chi connectivity index (χ2n) is 6.64. The van der Waals surface area contributed by atoms with E-state index < -0.39 is 9.84 Å². The number of rotatable bonds is 4. The minimum atomic E-state index is -3.96. The molecule has 1 aliphatic rings. The van der Waals surface area contributed by atoms with Crippen LogP contribution in [-0.4, -0.2) is 55.5 Å². The first-order valence-corrected chi connectivity index (χ1v) is 12.4. The smallest absolute Gasteiger partial charge is 0.214 e. The zero-order valence-corrected chi connectivity index (χ0v) is 19.0. The van der Waals surface area contributed by atoms with Crippen LogP contribution in [0.4, 0.5) is 5.82 Å². The number of nitrogens with one attached hydrogen (secondary N) is 1. The Morgan fingerprint density at radius 3 is 2.55 bits per heavy atom. The maximum atomic E-state index is 13.6. The molecule has 0 atom stereocenters. The van der Waals surface area contributed by atoms with Crippen molar-refractivity contribution in [2.75, 3.05) is 37.3 Å². The molecule has 0 aliphatic carbocycles. The summed E-state index contributed by atoms with van der Waals surface area (Å²) < 4.78 is 28.7. The van der Waals surface area contributed by atoms with Crippen molar-refractivity contribution in [2.24, 2.45) is 0 Å². The lowest BCUT2D eigenvalue weighted by molar-refractivity contribution is 0.579. The van der Waals surface area contributed by atoms with Gasteiger partial charge in [0.2, 0.25) is 9.84 Å². The molecule has 7 nitrogen and oxygen atoms in total. The monoisotopic (exact) mass is 471 g/mol. The van der Waals surface area contributed by atoms with Gasteiger partial charge in [0.1, 0.15) is 10.8 Å². The van der Waals surface area contributed by atoms with Gasteiger partial charge in [0, 0.05) is 43.0 Å². The molecule has 154 valence electrons. The fraction of sp³-hybridized carbons (Fsp3) is 0.333. The molecule has 0 amide bonds. The zero-order chi connectivity index (χ0) is 20.8. The summed E-state index contributed by atoms with van der Waals surface area (Å²) in [6.07, 6.45) is 1.79. The highest BCUT2D eigenvalue weighted by atomic mass is 35.5. The molecule has 1 saturated heterocycles. The van der Waals surface area contributed by atoms with Crippen molar-refractivity contribution in [3.05, 3.63) is 40.0 Å². The lowest BCUT2D eigenvalue weighted by atomic mass is 10.3. The van der Waals surface area contributed by atoms with Gasteiger partial charge in [-0.25, -0.2) is 13.4 Å². The molecule has 1 N–H and O–H groups in total. The first-order valence-electron chi connectivity index (χ1n) is 8.93. The summed E-state index contributed by atoms with van der Waals surface area (Å²) >= 11 is 13.4. The van der Waals surface area contributed by atoms with E-state index in [9.17, 15) is 8.42 Å². The van der Waals surface area contributed by atoms with E-state index >= 15 is 0 Å². The largest absolute Gasteiger partial charge is 0.354 e. The van der Waals surface area contributed by atoms with Crippen LogP contribution < -0.4 is 10.2 Å². The standard InChI is InChI=1S/C18H19Cl2N5O2S2/c1-11-9-15(24-7-5-21-6-8-24)25-17(22-11)16(18(23-25)28-2)29(26,27)14-4-3-12(19)10-13(14)20/h3-4,9-10,21H,5-8H2,1-2H3. The first kappa shape index (κ1) is 20.7. The molecule has 3 aromatic rings. The van der Waals surface area contributed by atoms with E-state index in [-0.39, 0.29) is 14.8 Å². The number of fused-ring (bicyclic) bond motifs is 1.